The molecule has 4 aromatic carbocycles. The van der Waals surface area contributed by atoms with Crippen molar-refractivity contribution in [2.75, 3.05) is 0 Å². The van der Waals surface area contributed by atoms with E-state index < -0.39 is 0 Å². The van der Waals surface area contributed by atoms with Crippen molar-refractivity contribution in [3.63, 3.8) is 0 Å². The van der Waals surface area contributed by atoms with Crippen LogP contribution in [0.4, 0.5) is 0 Å². The molecule has 1 aliphatic carbocycles. The molecule has 7 aromatic rings. The molecule has 3 heterocycles. The predicted octanol–water partition coefficient (Wildman–Crippen LogP) is 9.60. The van der Waals surface area contributed by atoms with Gasteiger partial charge in [-0.15, -0.1) is 0 Å². The molecular weight excluding hydrogens is 484 g/mol. The average molecular weight is 524 g/mol. The predicted molar refractivity (Wildman–Crippen MR) is 171 cm³/mol. The van der Waals surface area contributed by atoms with E-state index in [1.165, 1.54) is 109 Å². The fraction of sp³-hybridized carbons (Fsp3) is 0.342. The smallest absolute Gasteiger partial charge is 0.224 e. The monoisotopic (exact) mass is 523 g/mol. The van der Waals surface area contributed by atoms with Gasteiger partial charge in [-0.25, -0.2) is 4.57 Å². The van der Waals surface area contributed by atoms with Crippen LogP contribution in [0.25, 0.3) is 59.8 Å². The van der Waals surface area contributed by atoms with Crippen molar-refractivity contribution in [3.8, 4) is 0 Å². The van der Waals surface area contributed by atoms with Crippen LogP contribution in [0, 0.1) is 18.3 Å². The third-order valence-electron chi connectivity index (χ3n) is 9.77. The fourth-order valence-corrected chi connectivity index (χ4v) is 8.10. The number of hydrogen-bond acceptors (Lipinski definition) is 0. The molecule has 0 atom stereocenters. The Balaban J connectivity index is 1.58. The first-order chi connectivity index (χ1) is 19.3. The summed E-state index contributed by atoms with van der Waals surface area (Å²) in [4.78, 5) is 0. The Morgan fingerprint density at radius 2 is 1.60 bits per heavy atom. The molecular formula is C38H39N2+. The molecule has 0 unspecified atom stereocenters. The van der Waals surface area contributed by atoms with Crippen LogP contribution >= 0.6 is 0 Å². The van der Waals surface area contributed by atoms with Crippen LogP contribution in [0.15, 0.2) is 66.9 Å². The van der Waals surface area contributed by atoms with E-state index in [-0.39, 0.29) is 5.41 Å². The van der Waals surface area contributed by atoms with Crippen molar-refractivity contribution in [2.24, 2.45) is 18.4 Å². The highest BCUT2D eigenvalue weighted by Crippen LogP contribution is 2.44. The van der Waals surface area contributed by atoms with E-state index in [1.807, 2.05) is 0 Å². The largest absolute Gasteiger partial charge is 0.307 e. The molecule has 0 spiro atoms. The van der Waals surface area contributed by atoms with Crippen LogP contribution < -0.4 is 4.57 Å². The van der Waals surface area contributed by atoms with Gasteiger partial charge in [0.15, 0.2) is 6.20 Å². The zero-order chi connectivity index (χ0) is 27.3. The van der Waals surface area contributed by atoms with E-state index in [4.69, 9.17) is 0 Å². The summed E-state index contributed by atoms with van der Waals surface area (Å²) in [5.41, 5.74) is 10.1. The van der Waals surface area contributed by atoms with Crippen molar-refractivity contribution in [2.45, 2.75) is 66.2 Å². The standard InChI is InChI=1S/C38H39N2/c1-23-31-20-25(22-38(2,3)4)13-14-27(31)21-32-33(23)37-34-26(17-18-39(37)5)15-16-30-29-12-8-11-28(19-24-9-6-7-10-24)35(29)40(32)36(30)34/h8,11-18,20-21,24H,6-7,9-10,19,22H2,1-5H3/q+1. The Hall–Kier alpha value is -3.65. The van der Waals surface area contributed by atoms with Crippen molar-refractivity contribution < 1.29 is 4.57 Å². The summed E-state index contributed by atoms with van der Waals surface area (Å²) >= 11 is 0. The van der Waals surface area contributed by atoms with Gasteiger partial charge in [-0.2, -0.15) is 0 Å². The zero-order valence-electron chi connectivity index (χ0n) is 24.6. The minimum atomic E-state index is 0.262. The van der Waals surface area contributed by atoms with E-state index in [0.29, 0.717) is 0 Å². The molecule has 0 bridgehead atoms. The highest BCUT2D eigenvalue weighted by atomic mass is 15.0. The van der Waals surface area contributed by atoms with Gasteiger partial charge in [0.2, 0.25) is 5.52 Å². The van der Waals surface area contributed by atoms with Gasteiger partial charge in [0.25, 0.3) is 0 Å². The van der Waals surface area contributed by atoms with E-state index >= 15 is 0 Å². The second kappa shape index (κ2) is 8.43. The van der Waals surface area contributed by atoms with Crippen LogP contribution in [0.1, 0.15) is 63.1 Å². The van der Waals surface area contributed by atoms with Crippen LogP contribution in [0.5, 0.6) is 0 Å². The number of fused-ring (bicyclic) bond motifs is 7. The lowest BCUT2D eigenvalue weighted by Crippen LogP contribution is -2.28. The number of benzene rings is 4. The lowest BCUT2D eigenvalue weighted by atomic mass is 9.86. The maximum Gasteiger partial charge on any atom is 0.224 e. The number of aromatic nitrogens is 2. The molecule has 1 saturated carbocycles. The molecule has 3 aromatic heterocycles. The molecule has 1 fully saturated rings. The lowest BCUT2D eigenvalue weighted by Gasteiger charge is -2.19. The number of para-hydroxylation sites is 1. The summed E-state index contributed by atoms with van der Waals surface area (Å²) in [5.74, 6) is 0.809. The second-order valence-electron chi connectivity index (χ2n) is 13.9. The summed E-state index contributed by atoms with van der Waals surface area (Å²) < 4.78 is 5.02. The number of nitrogens with zero attached hydrogens (tertiary/aromatic N) is 2. The lowest BCUT2D eigenvalue weighted by molar-refractivity contribution is -0.643. The number of rotatable bonds is 3. The highest BCUT2D eigenvalue weighted by molar-refractivity contribution is 6.28. The van der Waals surface area contributed by atoms with Crippen LogP contribution in [0.3, 0.4) is 0 Å². The van der Waals surface area contributed by atoms with Gasteiger partial charge in [0.1, 0.15) is 7.05 Å². The zero-order valence-corrected chi connectivity index (χ0v) is 24.6. The van der Waals surface area contributed by atoms with E-state index in [1.54, 1.807) is 0 Å². The molecule has 200 valence electrons. The first kappa shape index (κ1) is 24.2. The molecule has 0 N–H and O–H groups in total. The van der Waals surface area contributed by atoms with Gasteiger partial charge < -0.3 is 4.40 Å². The van der Waals surface area contributed by atoms with E-state index in [0.717, 1.165) is 12.3 Å². The van der Waals surface area contributed by atoms with Crippen molar-refractivity contribution >= 4 is 59.8 Å². The third kappa shape index (κ3) is 3.44. The summed E-state index contributed by atoms with van der Waals surface area (Å²) in [5, 5.41) is 9.62. The Labute approximate surface area is 236 Å². The summed E-state index contributed by atoms with van der Waals surface area (Å²) in [6.45, 7) is 9.36. The molecule has 0 saturated heterocycles. The van der Waals surface area contributed by atoms with Gasteiger partial charge in [0, 0.05) is 16.8 Å². The topological polar surface area (TPSA) is 8.29 Å². The Morgan fingerprint density at radius 1 is 0.825 bits per heavy atom. The van der Waals surface area contributed by atoms with E-state index in [9.17, 15) is 0 Å². The van der Waals surface area contributed by atoms with Gasteiger partial charge in [-0.3, -0.25) is 0 Å². The molecule has 0 aliphatic heterocycles. The summed E-state index contributed by atoms with van der Waals surface area (Å²) in [6, 6.07) is 23.7. The SMILES string of the molecule is Cc1c2cc(CC(C)(C)C)ccc2cc2c1c1c3c(ccc4c5cccc(CC6CCCC6)c5n2c43)cc[n+]1C. The normalized spacial score (nSPS) is 15.3. The van der Waals surface area contributed by atoms with Crippen molar-refractivity contribution in [1.82, 2.24) is 4.40 Å². The minimum Gasteiger partial charge on any atom is -0.307 e. The number of hydrogen-bond donors (Lipinski definition) is 0. The molecule has 0 amide bonds. The third-order valence-corrected chi connectivity index (χ3v) is 9.77. The minimum absolute atomic E-state index is 0.262. The fourth-order valence-electron chi connectivity index (χ4n) is 8.10. The molecule has 0 radical (unpaired) electrons. The molecule has 40 heavy (non-hydrogen) atoms. The molecule has 2 heteroatoms. The van der Waals surface area contributed by atoms with Crippen molar-refractivity contribution in [1.29, 1.82) is 0 Å². The number of pyridine rings is 2. The average Bonchev–Trinajstić information content (AvgIpc) is 3.55. The summed E-state index contributed by atoms with van der Waals surface area (Å²) in [6.07, 6.45) is 10.0. The quantitative estimate of drug-likeness (QED) is 0.124. The first-order valence-corrected chi connectivity index (χ1v) is 15.2. The maximum atomic E-state index is 2.66. The first-order valence-electron chi connectivity index (χ1n) is 15.2. The van der Waals surface area contributed by atoms with Gasteiger partial charge in [0.05, 0.1) is 27.3 Å². The Bertz CT molecular complexity index is 2110. The van der Waals surface area contributed by atoms with Crippen LogP contribution in [-0.2, 0) is 19.9 Å². The maximum absolute atomic E-state index is 2.66. The van der Waals surface area contributed by atoms with E-state index in [2.05, 4.69) is 111 Å². The number of aryl methyl sites for hydroxylation is 2. The second-order valence-corrected chi connectivity index (χ2v) is 13.9. The van der Waals surface area contributed by atoms with Crippen LogP contribution in [0.2, 0.25) is 0 Å². The molecule has 2 nitrogen and oxygen atoms in total. The van der Waals surface area contributed by atoms with Gasteiger partial charge in [-0.05, 0) is 70.0 Å². The molecule has 1 aliphatic rings. The summed E-state index contributed by atoms with van der Waals surface area (Å²) in [7, 11) is 2.22. The Morgan fingerprint density at radius 3 is 2.40 bits per heavy atom. The molecule has 8 rings (SSSR count). The van der Waals surface area contributed by atoms with Gasteiger partial charge in [-0.1, -0.05) is 95.0 Å². The van der Waals surface area contributed by atoms with Gasteiger partial charge >= 0.3 is 0 Å². The van der Waals surface area contributed by atoms with Crippen molar-refractivity contribution in [3.05, 3.63) is 83.6 Å². The highest BCUT2D eigenvalue weighted by Gasteiger charge is 2.26. The van der Waals surface area contributed by atoms with Crippen LogP contribution in [-0.4, -0.2) is 4.40 Å². The Kier molecular flexibility index (Phi) is 5.09.